The summed E-state index contributed by atoms with van der Waals surface area (Å²) in [5.74, 6) is -1.50. The highest BCUT2D eigenvalue weighted by Crippen LogP contribution is 2.33. The third kappa shape index (κ3) is 5.71. The number of amides is 1. The topological polar surface area (TPSA) is 55.1 Å². The number of carbonyl (C=O) groups excluding carboxylic acids is 1. The monoisotopic (exact) mass is 306 g/mol. The molecule has 0 aliphatic rings. The number of anilines is 1. The molecule has 21 heavy (non-hydrogen) atoms. The minimum atomic E-state index is -4.79. The van der Waals surface area contributed by atoms with E-state index < -0.39 is 23.5 Å². The molecule has 0 bridgehead atoms. The van der Waals surface area contributed by atoms with Crippen molar-refractivity contribution in [1.29, 1.82) is 0 Å². The van der Waals surface area contributed by atoms with Crippen LogP contribution in [0.4, 0.5) is 23.2 Å². The van der Waals surface area contributed by atoms with Crippen LogP contribution in [-0.4, -0.2) is 12.5 Å². The van der Waals surface area contributed by atoms with E-state index in [1.807, 2.05) is 6.92 Å². The lowest BCUT2D eigenvalue weighted by molar-refractivity contribution is -0.140. The first-order valence-electron chi connectivity index (χ1n) is 6.60. The molecule has 0 saturated heterocycles. The number of nitrogens with one attached hydrogen (secondary N) is 1. The molecule has 0 aliphatic carbocycles. The summed E-state index contributed by atoms with van der Waals surface area (Å²) >= 11 is 0. The fourth-order valence-electron chi connectivity index (χ4n) is 1.85. The van der Waals surface area contributed by atoms with E-state index in [0.717, 1.165) is 12.5 Å². The van der Waals surface area contributed by atoms with Gasteiger partial charge in [0.25, 0.3) is 0 Å². The Morgan fingerprint density at radius 3 is 2.57 bits per heavy atom. The van der Waals surface area contributed by atoms with Crippen LogP contribution in [0.25, 0.3) is 0 Å². The van der Waals surface area contributed by atoms with Gasteiger partial charge in [-0.2, -0.15) is 13.2 Å². The Morgan fingerprint density at radius 2 is 2.00 bits per heavy atom. The molecule has 1 atom stereocenters. The van der Waals surface area contributed by atoms with Crippen LogP contribution in [0, 0.1) is 11.7 Å². The van der Waals surface area contributed by atoms with Crippen LogP contribution < -0.4 is 11.1 Å². The molecule has 0 spiro atoms. The first-order chi connectivity index (χ1) is 9.74. The smallest absolute Gasteiger partial charge is 0.330 e. The summed E-state index contributed by atoms with van der Waals surface area (Å²) in [5, 5.41) is 2.34. The molecule has 0 aliphatic heterocycles. The number of rotatable bonds is 6. The number of benzene rings is 1. The molecule has 0 saturated carbocycles. The molecule has 3 nitrogen and oxygen atoms in total. The Labute approximate surface area is 120 Å². The van der Waals surface area contributed by atoms with Gasteiger partial charge in [0.15, 0.2) is 0 Å². The molecule has 7 heteroatoms. The van der Waals surface area contributed by atoms with E-state index in [1.54, 1.807) is 0 Å². The molecule has 0 heterocycles. The third-order valence-corrected chi connectivity index (χ3v) is 3.08. The molecule has 0 fully saturated rings. The summed E-state index contributed by atoms with van der Waals surface area (Å²) in [6.45, 7) is 2.47. The van der Waals surface area contributed by atoms with Crippen molar-refractivity contribution in [3.8, 4) is 0 Å². The van der Waals surface area contributed by atoms with Crippen molar-refractivity contribution in [1.82, 2.24) is 0 Å². The molecule has 1 amide bonds. The van der Waals surface area contributed by atoms with E-state index in [2.05, 4.69) is 5.32 Å². The van der Waals surface area contributed by atoms with Crippen molar-refractivity contribution < 1.29 is 22.4 Å². The normalized spacial score (nSPS) is 13.0. The van der Waals surface area contributed by atoms with E-state index in [9.17, 15) is 22.4 Å². The fourth-order valence-corrected chi connectivity index (χ4v) is 1.85. The summed E-state index contributed by atoms with van der Waals surface area (Å²) in [6, 6.07) is 2.39. The van der Waals surface area contributed by atoms with Gasteiger partial charge in [0.2, 0.25) is 5.91 Å². The highest BCUT2D eigenvalue weighted by molar-refractivity contribution is 5.90. The van der Waals surface area contributed by atoms with Crippen molar-refractivity contribution in [2.75, 3.05) is 11.9 Å². The lowest BCUT2D eigenvalue weighted by Crippen LogP contribution is -2.15. The van der Waals surface area contributed by atoms with Crippen molar-refractivity contribution in [3.63, 3.8) is 0 Å². The Balaban J connectivity index is 2.65. The molecule has 3 N–H and O–H groups in total. The SMILES string of the molecule is CC(CCN)CCC(=O)Nc1ccc(F)c(C(F)(F)F)c1. The van der Waals surface area contributed by atoms with E-state index >= 15 is 0 Å². The van der Waals surface area contributed by atoms with Gasteiger partial charge in [0, 0.05) is 12.1 Å². The van der Waals surface area contributed by atoms with Crippen LogP contribution in [0.5, 0.6) is 0 Å². The molecular weight excluding hydrogens is 288 g/mol. The van der Waals surface area contributed by atoms with Crippen LogP contribution in [0.15, 0.2) is 18.2 Å². The molecule has 118 valence electrons. The quantitative estimate of drug-likeness (QED) is 0.790. The van der Waals surface area contributed by atoms with Crippen molar-refractivity contribution >= 4 is 11.6 Å². The van der Waals surface area contributed by atoms with Crippen molar-refractivity contribution in [2.45, 2.75) is 32.4 Å². The minimum absolute atomic E-state index is 0.0693. The molecular formula is C14H18F4N2O. The van der Waals surface area contributed by atoms with Crippen molar-refractivity contribution in [2.24, 2.45) is 11.7 Å². The maximum atomic E-state index is 13.1. The highest BCUT2D eigenvalue weighted by Gasteiger charge is 2.34. The van der Waals surface area contributed by atoms with Gasteiger partial charge >= 0.3 is 6.18 Å². The van der Waals surface area contributed by atoms with Crippen LogP contribution >= 0.6 is 0 Å². The largest absolute Gasteiger partial charge is 0.419 e. The minimum Gasteiger partial charge on any atom is -0.330 e. The van der Waals surface area contributed by atoms with E-state index in [-0.39, 0.29) is 18.0 Å². The van der Waals surface area contributed by atoms with Gasteiger partial charge in [-0.25, -0.2) is 4.39 Å². The summed E-state index contributed by atoms with van der Waals surface area (Å²) in [5.41, 5.74) is 3.93. The summed E-state index contributed by atoms with van der Waals surface area (Å²) in [6.07, 6.45) is -3.24. The standard InChI is InChI=1S/C14H18F4N2O/c1-9(6-7-19)2-5-13(21)20-10-3-4-12(15)11(8-10)14(16,17)18/h3-4,8-9H,2,5-7,19H2,1H3,(H,20,21). The van der Waals surface area contributed by atoms with Crippen LogP contribution in [0.3, 0.4) is 0 Å². The van der Waals surface area contributed by atoms with E-state index in [0.29, 0.717) is 25.1 Å². The zero-order valence-corrected chi connectivity index (χ0v) is 11.6. The molecule has 1 aromatic carbocycles. The van der Waals surface area contributed by atoms with Gasteiger partial charge in [-0.15, -0.1) is 0 Å². The fraction of sp³-hybridized carbons (Fsp3) is 0.500. The Hall–Kier alpha value is -1.63. The second kappa shape index (κ2) is 7.40. The van der Waals surface area contributed by atoms with Gasteiger partial charge < -0.3 is 11.1 Å². The number of carbonyl (C=O) groups is 1. The Morgan fingerprint density at radius 1 is 1.33 bits per heavy atom. The second-order valence-corrected chi connectivity index (χ2v) is 4.96. The number of halogens is 4. The third-order valence-electron chi connectivity index (χ3n) is 3.08. The summed E-state index contributed by atoms with van der Waals surface area (Å²) < 4.78 is 50.7. The molecule has 1 aromatic rings. The zero-order valence-electron chi connectivity index (χ0n) is 11.6. The van der Waals surface area contributed by atoms with Crippen LogP contribution in [0.1, 0.15) is 31.7 Å². The molecule has 0 aromatic heterocycles. The van der Waals surface area contributed by atoms with E-state index in [4.69, 9.17) is 5.73 Å². The van der Waals surface area contributed by atoms with Gasteiger partial charge in [0.1, 0.15) is 5.82 Å². The predicted octanol–water partition coefficient (Wildman–Crippen LogP) is 3.55. The average Bonchev–Trinajstić information content (AvgIpc) is 2.38. The Kier molecular flexibility index (Phi) is 6.14. The van der Waals surface area contributed by atoms with Gasteiger partial charge in [-0.05, 0) is 43.5 Å². The van der Waals surface area contributed by atoms with Gasteiger partial charge in [-0.1, -0.05) is 6.92 Å². The van der Waals surface area contributed by atoms with Crippen LogP contribution in [0.2, 0.25) is 0 Å². The number of hydrogen-bond acceptors (Lipinski definition) is 2. The zero-order chi connectivity index (χ0) is 16.0. The number of alkyl halides is 3. The maximum Gasteiger partial charge on any atom is 0.419 e. The van der Waals surface area contributed by atoms with Crippen LogP contribution in [-0.2, 0) is 11.0 Å². The molecule has 0 radical (unpaired) electrons. The second-order valence-electron chi connectivity index (χ2n) is 4.96. The Bertz CT molecular complexity index is 488. The van der Waals surface area contributed by atoms with Gasteiger partial charge in [0.05, 0.1) is 5.56 Å². The first-order valence-corrected chi connectivity index (χ1v) is 6.60. The summed E-state index contributed by atoms with van der Waals surface area (Å²) in [4.78, 5) is 11.6. The lowest BCUT2D eigenvalue weighted by atomic mass is 10.0. The van der Waals surface area contributed by atoms with Crippen molar-refractivity contribution in [3.05, 3.63) is 29.6 Å². The first kappa shape index (κ1) is 17.4. The molecule has 1 rings (SSSR count). The van der Waals surface area contributed by atoms with Gasteiger partial charge in [-0.3, -0.25) is 4.79 Å². The summed E-state index contributed by atoms with van der Waals surface area (Å²) in [7, 11) is 0. The maximum absolute atomic E-state index is 13.1. The van der Waals surface area contributed by atoms with E-state index in [1.165, 1.54) is 0 Å². The highest BCUT2D eigenvalue weighted by atomic mass is 19.4. The average molecular weight is 306 g/mol. The predicted molar refractivity (Wildman–Crippen MR) is 72.1 cm³/mol. The number of nitrogens with two attached hydrogens (primary N) is 1. The number of hydrogen-bond donors (Lipinski definition) is 2. The molecule has 1 unspecified atom stereocenters. The lowest BCUT2D eigenvalue weighted by Gasteiger charge is -2.12.